The molecule has 1 rings (SSSR count). The van der Waals surface area contributed by atoms with E-state index >= 15 is 0 Å². The highest BCUT2D eigenvalue weighted by Gasteiger charge is 2.50. The molecular formula is C13H25NO4. The van der Waals surface area contributed by atoms with Gasteiger partial charge in [0.2, 0.25) is 0 Å². The zero-order chi connectivity index (χ0) is 13.4. The lowest BCUT2D eigenvalue weighted by Crippen LogP contribution is -2.41. The Kier molecular flexibility index (Phi) is 6.60. The maximum Gasteiger partial charge on any atom is 0.313 e. The molecule has 18 heavy (non-hydrogen) atoms. The largest absolute Gasteiger partial charge is 0.469 e. The van der Waals surface area contributed by atoms with E-state index in [1.54, 1.807) is 7.11 Å². The van der Waals surface area contributed by atoms with Crippen LogP contribution in [0.3, 0.4) is 0 Å². The molecule has 5 nitrogen and oxygen atoms in total. The van der Waals surface area contributed by atoms with Crippen LogP contribution in [0, 0.1) is 11.3 Å². The Balaban J connectivity index is 2.35. The van der Waals surface area contributed by atoms with Crippen molar-refractivity contribution >= 4 is 5.97 Å². The number of hydrogen-bond acceptors (Lipinski definition) is 5. The Labute approximate surface area is 109 Å². The smallest absolute Gasteiger partial charge is 0.313 e. The van der Waals surface area contributed by atoms with E-state index in [1.165, 1.54) is 7.11 Å². The van der Waals surface area contributed by atoms with Gasteiger partial charge in [0.1, 0.15) is 0 Å². The fourth-order valence-corrected chi connectivity index (χ4v) is 2.40. The van der Waals surface area contributed by atoms with Crippen molar-refractivity contribution in [2.75, 3.05) is 40.6 Å². The third kappa shape index (κ3) is 3.93. The maximum absolute atomic E-state index is 11.9. The summed E-state index contributed by atoms with van der Waals surface area (Å²) in [6.45, 7) is 2.19. The van der Waals surface area contributed by atoms with Crippen molar-refractivity contribution in [2.24, 2.45) is 17.1 Å². The molecule has 5 heteroatoms. The van der Waals surface area contributed by atoms with E-state index in [1.807, 2.05) is 0 Å². The van der Waals surface area contributed by atoms with Gasteiger partial charge in [-0.1, -0.05) is 0 Å². The fourth-order valence-electron chi connectivity index (χ4n) is 2.40. The topological polar surface area (TPSA) is 70.8 Å². The number of nitrogens with two attached hydrogens (primary N) is 1. The summed E-state index contributed by atoms with van der Waals surface area (Å²) in [6.07, 6.45) is 3.73. The molecule has 1 aliphatic carbocycles. The molecule has 2 N–H and O–H groups in total. The van der Waals surface area contributed by atoms with Gasteiger partial charge in [0, 0.05) is 20.3 Å². The van der Waals surface area contributed by atoms with E-state index in [-0.39, 0.29) is 5.97 Å². The second-order valence-corrected chi connectivity index (χ2v) is 4.83. The highest BCUT2D eigenvalue weighted by molar-refractivity contribution is 5.78. The summed E-state index contributed by atoms with van der Waals surface area (Å²) in [4.78, 5) is 11.9. The average Bonchev–Trinajstić information content (AvgIpc) is 3.22. The molecule has 0 aromatic rings. The van der Waals surface area contributed by atoms with Gasteiger partial charge in [-0.2, -0.15) is 0 Å². The first-order valence-electron chi connectivity index (χ1n) is 6.56. The van der Waals surface area contributed by atoms with Crippen LogP contribution in [0.2, 0.25) is 0 Å². The lowest BCUT2D eigenvalue weighted by molar-refractivity contribution is -0.154. The third-order valence-electron chi connectivity index (χ3n) is 3.66. The Hall–Kier alpha value is -0.650. The fraction of sp³-hybridized carbons (Fsp3) is 0.923. The van der Waals surface area contributed by atoms with Crippen LogP contribution in [0.15, 0.2) is 0 Å². The van der Waals surface area contributed by atoms with E-state index < -0.39 is 5.41 Å². The maximum atomic E-state index is 11.9. The molecule has 1 unspecified atom stereocenters. The van der Waals surface area contributed by atoms with Crippen LogP contribution in [0.25, 0.3) is 0 Å². The van der Waals surface area contributed by atoms with Crippen molar-refractivity contribution in [3.63, 3.8) is 0 Å². The Bertz CT molecular complexity index is 255. The molecule has 1 saturated carbocycles. The summed E-state index contributed by atoms with van der Waals surface area (Å²) in [5.41, 5.74) is 5.34. The van der Waals surface area contributed by atoms with Crippen molar-refractivity contribution in [2.45, 2.75) is 25.7 Å². The molecule has 0 spiro atoms. The number of ether oxygens (including phenoxy) is 3. The molecule has 106 valence electrons. The van der Waals surface area contributed by atoms with Crippen molar-refractivity contribution in [3.05, 3.63) is 0 Å². The third-order valence-corrected chi connectivity index (χ3v) is 3.66. The summed E-state index contributed by atoms with van der Waals surface area (Å²) >= 11 is 0. The number of rotatable bonds is 10. The molecule has 0 aromatic heterocycles. The van der Waals surface area contributed by atoms with Crippen molar-refractivity contribution in [1.82, 2.24) is 0 Å². The van der Waals surface area contributed by atoms with E-state index in [0.717, 1.165) is 25.7 Å². The lowest BCUT2D eigenvalue weighted by Gasteiger charge is -2.29. The minimum atomic E-state index is -0.487. The van der Waals surface area contributed by atoms with Crippen molar-refractivity contribution in [1.29, 1.82) is 0 Å². The number of hydrogen-bond donors (Lipinski definition) is 1. The number of esters is 1. The molecular weight excluding hydrogens is 234 g/mol. The quantitative estimate of drug-likeness (QED) is 0.467. The normalized spacial score (nSPS) is 18.4. The van der Waals surface area contributed by atoms with E-state index in [0.29, 0.717) is 32.3 Å². The monoisotopic (exact) mass is 259 g/mol. The van der Waals surface area contributed by atoms with Gasteiger partial charge in [-0.05, 0) is 31.6 Å². The van der Waals surface area contributed by atoms with Gasteiger partial charge < -0.3 is 19.9 Å². The molecule has 0 aromatic carbocycles. The van der Waals surface area contributed by atoms with Crippen LogP contribution in [-0.2, 0) is 19.0 Å². The van der Waals surface area contributed by atoms with Crippen molar-refractivity contribution < 1.29 is 19.0 Å². The van der Waals surface area contributed by atoms with Gasteiger partial charge in [-0.15, -0.1) is 0 Å². The van der Waals surface area contributed by atoms with Crippen LogP contribution in [0.4, 0.5) is 0 Å². The highest BCUT2D eigenvalue weighted by Crippen LogP contribution is 2.48. The number of methoxy groups -OCH3 is 2. The molecule has 1 aliphatic rings. The second-order valence-electron chi connectivity index (χ2n) is 4.83. The first-order valence-corrected chi connectivity index (χ1v) is 6.56. The van der Waals surface area contributed by atoms with Crippen LogP contribution in [-0.4, -0.2) is 46.6 Å². The lowest BCUT2D eigenvalue weighted by atomic mass is 9.78. The van der Waals surface area contributed by atoms with Crippen LogP contribution < -0.4 is 5.73 Å². The molecule has 0 aliphatic heterocycles. The summed E-state index contributed by atoms with van der Waals surface area (Å²) < 4.78 is 15.2. The SMILES string of the molecule is COCCOCCCC(CN)(C(=O)OC)C1CC1. The summed E-state index contributed by atoms with van der Waals surface area (Å²) in [5.74, 6) is 0.235. The van der Waals surface area contributed by atoms with Crippen LogP contribution in [0.1, 0.15) is 25.7 Å². The molecule has 0 saturated heterocycles. The second kappa shape index (κ2) is 7.71. The predicted octanol–water partition coefficient (Wildman–Crippen LogP) is 0.958. The first kappa shape index (κ1) is 15.4. The first-order chi connectivity index (χ1) is 8.71. The van der Waals surface area contributed by atoms with Gasteiger partial charge in [0.15, 0.2) is 0 Å². The van der Waals surface area contributed by atoms with Gasteiger partial charge in [0.25, 0.3) is 0 Å². The van der Waals surface area contributed by atoms with Crippen LogP contribution in [0.5, 0.6) is 0 Å². The van der Waals surface area contributed by atoms with Gasteiger partial charge in [-0.3, -0.25) is 4.79 Å². The van der Waals surface area contributed by atoms with E-state index in [4.69, 9.17) is 19.9 Å². The molecule has 1 fully saturated rings. The molecule has 0 bridgehead atoms. The van der Waals surface area contributed by atoms with E-state index in [9.17, 15) is 4.79 Å². The molecule has 0 amide bonds. The average molecular weight is 259 g/mol. The summed E-state index contributed by atoms with van der Waals surface area (Å²) in [7, 11) is 3.08. The highest BCUT2D eigenvalue weighted by atomic mass is 16.5. The van der Waals surface area contributed by atoms with Gasteiger partial charge in [0.05, 0.1) is 25.7 Å². The van der Waals surface area contributed by atoms with Crippen LogP contribution >= 0.6 is 0 Å². The minimum Gasteiger partial charge on any atom is -0.469 e. The van der Waals surface area contributed by atoms with E-state index in [2.05, 4.69) is 0 Å². The molecule has 0 heterocycles. The Morgan fingerprint density at radius 1 is 1.28 bits per heavy atom. The Morgan fingerprint density at radius 3 is 2.50 bits per heavy atom. The minimum absolute atomic E-state index is 0.163. The number of carbonyl (C=O) groups is 1. The number of carbonyl (C=O) groups excluding carboxylic acids is 1. The molecule has 0 radical (unpaired) electrons. The van der Waals surface area contributed by atoms with Crippen molar-refractivity contribution in [3.8, 4) is 0 Å². The van der Waals surface area contributed by atoms with Gasteiger partial charge >= 0.3 is 5.97 Å². The summed E-state index contributed by atoms with van der Waals surface area (Å²) in [6, 6.07) is 0. The zero-order valence-electron chi connectivity index (χ0n) is 11.4. The van der Waals surface area contributed by atoms with Gasteiger partial charge in [-0.25, -0.2) is 0 Å². The standard InChI is InChI=1S/C13H25NO4/c1-16-8-9-18-7-3-6-13(10-14,11-4-5-11)12(15)17-2/h11H,3-10,14H2,1-2H3. The Morgan fingerprint density at radius 2 is 2.00 bits per heavy atom. The summed E-state index contributed by atoms with van der Waals surface area (Å²) in [5, 5.41) is 0. The predicted molar refractivity (Wildman–Crippen MR) is 68.2 cm³/mol. The molecule has 1 atom stereocenters. The zero-order valence-corrected chi connectivity index (χ0v) is 11.4.